The number of imide groups is 1. The largest absolute Gasteiger partial charge is 0.426 e. The van der Waals surface area contributed by atoms with E-state index in [9.17, 15) is 14.4 Å². The molecule has 2 amide bonds. The number of rotatable bonds is 6. The van der Waals surface area contributed by atoms with Gasteiger partial charge in [0.1, 0.15) is 5.75 Å². The van der Waals surface area contributed by atoms with Crippen molar-refractivity contribution in [2.24, 2.45) is 0 Å². The molecule has 0 atom stereocenters. The van der Waals surface area contributed by atoms with Crippen molar-refractivity contribution in [1.29, 1.82) is 0 Å². The maximum atomic E-state index is 11.7. The van der Waals surface area contributed by atoms with E-state index >= 15 is 0 Å². The van der Waals surface area contributed by atoms with Crippen LogP contribution in [-0.4, -0.2) is 17.8 Å². The first-order chi connectivity index (χ1) is 10.1. The van der Waals surface area contributed by atoms with Gasteiger partial charge in [0.15, 0.2) is 0 Å². The highest BCUT2D eigenvalue weighted by Gasteiger charge is 2.30. The van der Waals surface area contributed by atoms with Gasteiger partial charge in [-0.1, -0.05) is 25.8 Å². The molecule has 0 saturated carbocycles. The number of hydrogen-bond donors (Lipinski definition) is 0. The Morgan fingerprint density at radius 3 is 2.57 bits per heavy atom. The summed E-state index contributed by atoms with van der Waals surface area (Å²) in [5.41, 5.74) is 0.460. The van der Waals surface area contributed by atoms with Gasteiger partial charge in [-0.05, 0) is 18.6 Å². The number of unbranched alkanes of at least 4 members (excludes halogenated alkanes) is 2. The highest BCUT2D eigenvalue weighted by Crippen LogP contribution is 2.26. The van der Waals surface area contributed by atoms with Gasteiger partial charge >= 0.3 is 5.97 Å². The predicted molar refractivity (Wildman–Crippen MR) is 77.9 cm³/mol. The first-order valence-corrected chi connectivity index (χ1v) is 7.28. The topological polar surface area (TPSA) is 63.7 Å². The molecule has 1 heterocycles. The standard InChI is InChI=1S/C16H19NO4/c1-2-3-4-8-16(20)21-13-7-5-6-12(11-13)17-14(18)9-10-15(17)19/h5-7,11H,2-4,8-10H2,1H3. The first kappa shape index (κ1) is 15.2. The Bertz CT molecular complexity index is 537. The summed E-state index contributed by atoms with van der Waals surface area (Å²) in [4.78, 5) is 36.2. The third-order valence-electron chi connectivity index (χ3n) is 3.34. The summed E-state index contributed by atoms with van der Waals surface area (Å²) in [6, 6.07) is 6.53. The van der Waals surface area contributed by atoms with Crippen LogP contribution >= 0.6 is 0 Å². The highest BCUT2D eigenvalue weighted by atomic mass is 16.5. The first-order valence-electron chi connectivity index (χ1n) is 7.28. The Labute approximate surface area is 123 Å². The molecule has 1 saturated heterocycles. The maximum Gasteiger partial charge on any atom is 0.311 e. The molecule has 1 aliphatic heterocycles. The second kappa shape index (κ2) is 7.02. The van der Waals surface area contributed by atoms with Crippen molar-refractivity contribution in [3.63, 3.8) is 0 Å². The van der Waals surface area contributed by atoms with Crippen molar-refractivity contribution in [1.82, 2.24) is 0 Å². The Hall–Kier alpha value is -2.17. The van der Waals surface area contributed by atoms with E-state index < -0.39 is 0 Å². The molecule has 0 unspecified atom stereocenters. The molecule has 112 valence electrons. The molecule has 1 aromatic rings. The van der Waals surface area contributed by atoms with Crippen LogP contribution in [0.15, 0.2) is 24.3 Å². The molecule has 0 spiro atoms. The quantitative estimate of drug-likeness (QED) is 0.349. The zero-order valence-corrected chi connectivity index (χ0v) is 12.1. The van der Waals surface area contributed by atoms with E-state index in [1.165, 1.54) is 0 Å². The molecule has 1 fully saturated rings. The molecular formula is C16H19NO4. The van der Waals surface area contributed by atoms with Crippen LogP contribution in [0.2, 0.25) is 0 Å². The van der Waals surface area contributed by atoms with E-state index in [1.807, 2.05) is 0 Å². The van der Waals surface area contributed by atoms with Crippen LogP contribution in [0, 0.1) is 0 Å². The summed E-state index contributed by atoms with van der Waals surface area (Å²) in [5.74, 6) is -0.362. The Morgan fingerprint density at radius 2 is 1.90 bits per heavy atom. The summed E-state index contributed by atoms with van der Waals surface area (Å²) < 4.78 is 5.24. The molecule has 0 N–H and O–H groups in total. The number of anilines is 1. The molecule has 0 bridgehead atoms. The van der Waals surface area contributed by atoms with Gasteiger partial charge in [-0.3, -0.25) is 19.3 Å². The fourth-order valence-corrected chi connectivity index (χ4v) is 2.25. The predicted octanol–water partition coefficient (Wildman–Crippen LogP) is 2.83. The van der Waals surface area contributed by atoms with Gasteiger partial charge in [0.2, 0.25) is 11.8 Å². The Morgan fingerprint density at radius 1 is 1.19 bits per heavy atom. The van der Waals surface area contributed by atoms with Crippen LogP contribution < -0.4 is 9.64 Å². The van der Waals surface area contributed by atoms with Crippen molar-refractivity contribution >= 4 is 23.5 Å². The van der Waals surface area contributed by atoms with Gasteiger partial charge < -0.3 is 4.74 Å². The summed E-state index contributed by atoms with van der Waals surface area (Å²) in [7, 11) is 0. The smallest absolute Gasteiger partial charge is 0.311 e. The van der Waals surface area contributed by atoms with Crippen molar-refractivity contribution in [2.75, 3.05) is 4.90 Å². The van der Waals surface area contributed by atoms with Crippen LogP contribution in [0.4, 0.5) is 5.69 Å². The monoisotopic (exact) mass is 289 g/mol. The SMILES string of the molecule is CCCCCC(=O)Oc1cccc(N2C(=O)CCC2=O)c1. The lowest BCUT2D eigenvalue weighted by Crippen LogP contribution is -2.28. The summed E-state index contributed by atoms with van der Waals surface area (Å²) in [6.07, 6.45) is 3.69. The van der Waals surface area contributed by atoms with Crippen LogP contribution in [0.25, 0.3) is 0 Å². The number of esters is 1. The van der Waals surface area contributed by atoms with E-state index in [1.54, 1.807) is 24.3 Å². The number of amides is 2. The number of nitrogens with zero attached hydrogens (tertiary/aromatic N) is 1. The minimum Gasteiger partial charge on any atom is -0.426 e. The van der Waals surface area contributed by atoms with E-state index in [4.69, 9.17) is 4.74 Å². The van der Waals surface area contributed by atoms with E-state index in [-0.39, 0.29) is 30.6 Å². The maximum absolute atomic E-state index is 11.7. The van der Waals surface area contributed by atoms with Crippen LogP contribution in [0.5, 0.6) is 5.75 Å². The molecule has 2 rings (SSSR count). The molecule has 1 aliphatic rings. The van der Waals surface area contributed by atoms with Crippen LogP contribution in [0.3, 0.4) is 0 Å². The molecule has 0 aromatic heterocycles. The fourth-order valence-electron chi connectivity index (χ4n) is 2.25. The number of carbonyl (C=O) groups is 3. The molecule has 5 heteroatoms. The molecule has 0 aliphatic carbocycles. The van der Waals surface area contributed by atoms with Gasteiger partial charge in [-0.2, -0.15) is 0 Å². The average Bonchev–Trinajstić information content (AvgIpc) is 2.79. The number of ether oxygens (including phenoxy) is 1. The Balaban J connectivity index is 2.02. The molecule has 1 aromatic carbocycles. The summed E-state index contributed by atoms with van der Waals surface area (Å²) >= 11 is 0. The van der Waals surface area contributed by atoms with Crippen molar-refractivity contribution in [3.8, 4) is 5.75 Å². The third-order valence-corrected chi connectivity index (χ3v) is 3.34. The Kier molecular flexibility index (Phi) is 5.09. The second-order valence-electron chi connectivity index (χ2n) is 5.05. The van der Waals surface area contributed by atoms with Gasteiger partial charge in [0.05, 0.1) is 5.69 Å². The van der Waals surface area contributed by atoms with Crippen LogP contribution in [0.1, 0.15) is 45.4 Å². The third kappa shape index (κ3) is 3.90. The second-order valence-corrected chi connectivity index (χ2v) is 5.05. The van der Waals surface area contributed by atoms with Crippen molar-refractivity contribution < 1.29 is 19.1 Å². The van der Waals surface area contributed by atoms with Gasteiger partial charge in [-0.15, -0.1) is 0 Å². The number of hydrogen-bond acceptors (Lipinski definition) is 4. The lowest BCUT2D eigenvalue weighted by atomic mass is 10.2. The van der Waals surface area contributed by atoms with Gasteiger partial charge in [0.25, 0.3) is 0 Å². The zero-order valence-electron chi connectivity index (χ0n) is 12.1. The summed E-state index contributed by atoms with van der Waals surface area (Å²) in [6.45, 7) is 2.07. The average molecular weight is 289 g/mol. The lowest BCUT2D eigenvalue weighted by Gasteiger charge is -2.14. The van der Waals surface area contributed by atoms with Crippen LogP contribution in [-0.2, 0) is 14.4 Å². The molecule has 0 radical (unpaired) electrons. The van der Waals surface area contributed by atoms with Gasteiger partial charge in [-0.25, -0.2) is 0 Å². The van der Waals surface area contributed by atoms with Crippen molar-refractivity contribution in [3.05, 3.63) is 24.3 Å². The number of benzene rings is 1. The highest BCUT2D eigenvalue weighted by molar-refractivity contribution is 6.19. The van der Waals surface area contributed by atoms with E-state index in [0.717, 1.165) is 24.2 Å². The van der Waals surface area contributed by atoms with Gasteiger partial charge in [0, 0.05) is 25.3 Å². The lowest BCUT2D eigenvalue weighted by molar-refractivity contribution is -0.134. The molecule has 5 nitrogen and oxygen atoms in total. The minimum absolute atomic E-state index is 0.216. The van der Waals surface area contributed by atoms with E-state index in [2.05, 4.69) is 6.92 Å². The normalized spacial score (nSPS) is 14.6. The number of carbonyl (C=O) groups excluding carboxylic acids is 3. The van der Waals surface area contributed by atoms with Crippen molar-refractivity contribution in [2.45, 2.75) is 45.4 Å². The molecular weight excluding hydrogens is 270 g/mol. The molecule has 21 heavy (non-hydrogen) atoms. The minimum atomic E-state index is -0.292. The van der Waals surface area contributed by atoms with E-state index in [0.29, 0.717) is 17.9 Å². The zero-order chi connectivity index (χ0) is 15.2. The summed E-state index contributed by atoms with van der Waals surface area (Å²) in [5, 5.41) is 0. The fraction of sp³-hybridized carbons (Fsp3) is 0.438.